The van der Waals surface area contributed by atoms with Gasteiger partial charge in [0.05, 0.1) is 20.5 Å². The Morgan fingerprint density at radius 2 is 1.92 bits per heavy atom. The molecule has 1 amide bonds. The molecule has 0 aliphatic carbocycles. The molecule has 1 aliphatic heterocycles. The van der Waals surface area contributed by atoms with Crippen LogP contribution in [0.1, 0.15) is 23.5 Å². The molecule has 36 heavy (non-hydrogen) atoms. The summed E-state index contributed by atoms with van der Waals surface area (Å²) >= 11 is 12.6. The van der Waals surface area contributed by atoms with E-state index < -0.39 is 9.84 Å². The fourth-order valence-electron chi connectivity index (χ4n) is 4.41. The second-order valence-corrected chi connectivity index (χ2v) is 11.4. The van der Waals surface area contributed by atoms with Crippen LogP contribution in [0, 0.1) is 11.3 Å². The number of ether oxygens (including phenoxy) is 1. The molecular weight excluding hydrogens is 521 g/mol. The molecule has 0 unspecified atom stereocenters. The van der Waals surface area contributed by atoms with Crippen molar-refractivity contribution in [3.8, 4) is 17.6 Å². The SMILES string of the molecule is CS(=O)(=O)c1c[nH]c2cc(N3C[C@@H](c4ccc(Cl)c(Oc5c(Cl)cccc5C#N)c4)CC3=O)ccc12. The zero-order valence-electron chi connectivity index (χ0n) is 19.0. The van der Waals surface area contributed by atoms with Gasteiger partial charge < -0.3 is 14.6 Å². The number of rotatable bonds is 5. The van der Waals surface area contributed by atoms with Crippen LogP contribution in [0.4, 0.5) is 5.69 Å². The minimum absolute atomic E-state index is 0.0514. The average molecular weight is 540 g/mol. The maximum Gasteiger partial charge on any atom is 0.227 e. The summed E-state index contributed by atoms with van der Waals surface area (Å²) in [5, 5.41) is 10.6. The van der Waals surface area contributed by atoms with E-state index in [4.69, 9.17) is 27.9 Å². The van der Waals surface area contributed by atoms with E-state index in [0.717, 1.165) is 11.8 Å². The zero-order valence-corrected chi connectivity index (χ0v) is 21.3. The van der Waals surface area contributed by atoms with E-state index in [1.165, 1.54) is 6.20 Å². The van der Waals surface area contributed by atoms with Gasteiger partial charge in [-0.05, 0) is 48.0 Å². The van der Waals surface area contributed by atoms with Gasteiger partial charge in [-0.15, -0.1) is 0 Å². The van der Waals surface area contributed by atoms with Gasteiger partial charge in [0.15, 0.2) is 15.6 Å². The van der Waals surface area contributed by atoms with Crippen LogP contribution in [0.3, 0.4) is 0 Å². The third-order valence-electron chi connectivity index (χ3n) is 6.19. The number of hydrogen-bond acceptors (Lipinski definition) is 5. The Morgan fingerprint density at radius 3 is 2.67 bits per heavy atom. The first-order chi connectivity index (χ1) is 17.2. The third kappa shape index (κ3) is 4.42. The summed E-state index contributed by atoms with van der Waals surface area (Å²) in [6.45, 7) is 0.431. The van der Waals surface area contributed by atoms with E-state index in [2.05, 4.69) is 11.1 Å². The Kier molecular flexibility index (Phi) is 6.17. The van der Waals surface area contributed by atoms with Crippen molar-refractivity contribution < 1.29 is 17.9 Å². The van der Waals surface area contributed by atoms with Gasteiger partial charge in [0.2, 0.25) is 5.91 Å². The summed E-state index contributed by atoms with van der Waals surface area (Å²) in [7, 11) is -3.37. The van der Waals surface area contributed by atoms with Crippen LogP contribution in [0.5, 0.6) is 11.5 Å². The van der Waals surface area contributed by atoms with Crippen molar-refractivity contribution in [2.75, 3.05) is 17.7 Å². The highest BCUT2D eigenvalue weighted by atomic mass is 35.5. The lowest BCUT2D eigenvalue weighted by Crippen LogP contribution is -2.24. The summed E-state index contributed by atoms with van der Waals surface area (Å²) < 4.78 is 29.9. The number of nitrogens with one attached hydrogen (secondary N) is 1. The van der Waals surface area contributed by atoms with Crippen molar-refractivity contribution in [3.05, 3.63) is 82.0 Å². The molecule has 1 N–H and O–H groups in total. The van der Waals surface area contributed by atoms with Gasteiger partial charge in [0.25, 0.3) is 0 Å². The molecule has 0 saturated carbocycles. The van der Waals surface area contributed by atoms with Crippen molar-refractivity contribution in [1.29, 1.82) is 5.26 Å². The number of hydrogen-bond donors (Lipinski definition) is 1. The molecule has 0 radical (unpaired) electrons. The van der Waals surface area contributed by atoms with E-state index >= 15 is 0 Å². The standard InChI is InChI=1S/C26H19Cl2N3O4S/c1-36(33,34)24-13-30-22-11-18(6-7-19(22)24)31-14-17(10-25(31)32)15-5-8-20(27)23(9-15)35-26-16(12-29)3-2-4-21(26)28/h2-9,11,13,17,30H,10,14H2,1H3/t17-/m0/s1. The number of fused-ring (bicyclic) bond motifs is 1. The summed E-state index contributed by atoms with van der Waals surface area (Å²) in [5.41, 5.74) is 2.46. The molecule has 1 aromatic heterocycles. The van der Waals surface area contributed by atoms with Crippen molar-refractivity contribution in [3.63, 3.8) is 0 Å². The highest BCUT2D eigenvalue weighted by Gasteiger charge is 2.32. The lowest BCUT2D eigenvalue weighted by molar-refractivity contribution is -0.117. The molecule has 1 fully saturated rings. The van der Waals surface area contributed by atoms with Crippen molar-refractivity contribution >= 4 is 55.5 Å². The molecule has 0 bridgehead atoms. The fourth-order valence-corrected chi connectivity index (χ4v) is 5.63. The first-order valence-electron chi connectivity index (χ1n) is 10.9. The maximum atomic E-state index is 12.9. The second kappa shape index (κ2) is 9.17. The summed E-state index contributed by atoms with van der Waals surface area (Å²) in [6.07, 6.45) is 2.91. The number of aromatic nitrogens is 1. The normalized spacial score (nSPS) is 15.9. The number of halogens is 2. The number of aromatic amines is 1. The summed E-state index contributed by atoms with van der Waals surface area (Å²) in [6, 6.07) is 17.5. The van der Waals surface area contributed by atoms with Crippen molar-refractivity contribution in [1.82, 2.24) is 4.98 Å². The minimum Gasteiger partial charge on any atom is -0.453 e. The van der Waals surface area contributed by atoms with Gasteiger partial charge in [-0.1, -0.05) is 35.3 Å². The Labute approximate surface area is 217 Å². The van der Waals surface area contributed by atoms with Crippen LogP contribution >= 0.6 is 23.2 Å². The minimum atomic E-state index is -3.37. The smallest absolute Gasteiger partial charge is 0.227 e. The Hall–Kier alpha value is -3.51. The topological polar surface area (TPSA) is 103 Å². The van der Waals surface area contributed by atoms with E-state index in [1.807, 2.05) is 6.07 Å². The fraction of sp³-hybridized carbons (Fsp3) is 0.154. The number of nitrogens with zero attached hydrogens (tertiary/aromatic N) is 2. The highest BCUT2D eigenvalue weighted by molar-refractivity contribution is 7.91. The van der Waals surface area contributed by atoms with Gasteiger partial charge in [-0.3, -0.25) is 4.79 Å². The number of sulfone groups is 1. The lowest BCUT2D eigenvalue weighted by Gasteiger charge is -2.18. The van der Waals surface area contributed by atoms with Gasteiger partial charge in [0.1, 0.15) is 11.8 Å². The van der Waals surface area contributed by atoms with Crippen LogP contribution in [0.2, 0.25) is 10.0 Å². The number of nitriles is 1. The second-order valence-electron chi connectivity index (χ2n) is 8.58. The first kappa shape index (κ1) is 24.2. The molecule has 10 heteroatoms. The van der Waals surface area contributed by atoms with Gasteiger partial charge in [-0.25, -0.2) is 8.42 Å². The molecule has 5 rings (SSSR count). The van der Waals surface area contributed by atoms with E-state index in [1.54, 1.807) is 53.4 Å². The number of para-hydroxylation sites is 1. The van der Waals surface area contributed by atoms with Crippen molar-refractivity contribution in [2.24, 2.45) is 0 Å². The number of benzene rings is 3. The predicted octanol–water partition coefficient (Wildman–Crippen LogP) is 6.06. The van der Waals surface area contributed by atoms with Crippen LogP contribution < -0.4 is 9.64 Å². The number of carbonyl (C=O) groups excluding carboxylic acids is 1. The van der Waals surface area contributed by atoms with Gasteiger partial charge in [-0.2, -0.15) is 5.26 Å². The maximum absolute atomic E-state index is 12.9. The average Bonchev–Trinajstić information content (AvgIpc) is 3.44. The Balaban J connectivity index is 1.42. The molecule has 4 aromatic rings. The van der Waals surface area contributed by atoms with E-state index in [0.29, 0.717) is 33.9 Å². The van der Waals surface area contributed by atoms with Crippen LogP contribution in [-0.4, -0.2) is 32.1 Å². The predicted molar refractivity (Wildman–Crippen MR) is 139 cm³/mol. The van der Waals surface area contributed by atoms with E-state index in [-0.39, 0.29) is 39.5 Å². The molecule has 3 aromatic carbocycles. The molecule has 7 nitrogen and oxygen atoms in total. The Morgan fingerprint density at radius 1 is 1.11 bits per heavy atom. The lowest BCUT2D eigenvalue weighted by atomic mass is 9.98. The monoisotopic (exact) mass is 539 g/mol. The summed E-state index contributed by atoms with van der Waals surface area (Å²) in [5.74, 6) is 0.387. The highest BCUT2D eigenvalue weighted by Crippen LogP contribution is 2.40. The Bertz CT molecular complexity index is 1670. The van der Waals surface area contributed by atoms with Crippen molar-refractivity contribution in [2.45, 2.75) is 17.2 Å². The molecule has 2 heterocycles. The van der Waals surface area contributed by atoms with Gasteiger partial charge >= 0.3 is 0 Å². The number of H-pyrrole nitrogens is 1. The van der Waals surface area contributed by atoms with Crippen LogP contribution in [0.25, 0.3) is 10.9 Å². The molecule has 0 spiro atoms. The first-order valence-corrected chi connectivity index (χ1v) is 13.6. The summed E-state index contributed by atoms with van der Waals surface area (Å²) in [4.78, 5) is 17.8. The van der Waals surface area contributed by atoms with Crippen LogP contribution in [0.15, 0.2) is 65.7 Å². The number of amides is 1. The number of anilines is 1. The molecule has 182 valence electrons. The van der Waals surface area contributed by atoms with Gasteiger partial charge in [0, 0.05) is 47.9 Å². The molecule has 1 aliphatic rings. The van der Waals surface area contributed by atoms with E-state index in [9.17, 15) is 18.5 Å². The molecular formula is C26H19Cl2N3O4S. The zero-order chi connectivity index (χ0) is 25.6. The third-order valence-corrected chi connectivity index (χ3v) is 7.94. The quantitative estimate of drug-likeness (QED) is 0.331. The number of carbonyl (C=O) groups is 1. The largest absolute Gasteiger partial charge is 0.453 e. The molecule has 1 saturated heterocycles. The van der Waals surface area contributed by atoms with Crippen LogP contribution in [-0.2, 0) is 14.6 Å². The molecule has 1 atom stereocenters.